The van der Waals surface area contributed by atoms with Gasteiger partial charge in [-0.25, -0.2) is 4.98 Å². The van der Waals surface area contributed by atoms with Crippen molar-refractivity contribution >= 4 is 33.5 Å². The van der Waals surface area contributed by atoms with Crippen LogP contribution in [0.1, 0.15) is 24.5 Å². The standard InChI is InChI=1S/C14H18BrN7O/c15-10-8-17-14(21-3-5-23-6-4-21)19-13(10)18-12-7-11(9-1-2-9)22(16)20-12/h7-9H,1-6,16H2,(H,17,18,19,20). The Morgan fingerprint density at radius 3 is 2.83 bits per heavy atom. The maximum absolute atomic E-state index is 5.92. The van der Waals surface area contributed by atoms with E-state index in [0.717, 1.165) is 23.3 Å². The lowest BCUT2D eigenvalue weighted by Crippen LogP contribution is -2.37. The zero-order valence-corrected chi connectivity index (χ0v) is 14.2. The first-order valence-electron chi connectivity index (χ1n) is 7.68. The van der Waals surface area contributed by atoms with Crippen molar-refractivity contribution in [2.24, 2.45) is 0 Å². The maximum atomic E-state index is 5.92. The highest BCUT2D eigenvalue weighted by atomic mass is 79.9. The maximum Gasteiger partial charge on any atom is 0.227 e. The lowest BCUT2D eigenvalue weighted by atomic mass is 10.3. The normalized spacial score (nSPS) is 18.2. The van der Waals surface area contributed by atoms with E-state index in [0.29, 0.717) is 36.7 Å². The quantitative estimate of drug-likeness (QED) is 0.779. The molecule has 2 fully saturated rings. The van der Waals surface area contributed by atoms with Crippen LogP contribution in [0, 0.1) is 0 Å². The molecule has 2 aromatic heterocycles. The van der Waals surface area contributed by atoms with Crippen LogP contribution in [0.25, 0.3) is 0 Å². The van der Waals surface area contributed by atoms with Gasteiger partial charge in [0.05, 0.1) is 23.4 Å². The summed E-state index contributed by atoms with van der Waals surface area (Å²) in [5.41, 5.74) is 1.06. The monoisotopic (exact) mass is 379 g/mol. The van der Waals surface area contributed by atoms with Gasteiger partial charge in [0.2, 0.25) is 5.95 Å². The minimum Gasteiger partial charge on any atom is -0.378 e. The zero-order valence-electron chi connectivity index (χ0n) is 12.6. The summed E-state index contributed by atoms with van der Waals surface area (Å²) in [6, 6.07) is 1.99. The molecule has 122 valence electrons. The van der Waals surface area contributed by atoms with Crippen molar-refractivity contribution < 1.29 is 4.74 Å². The van der Waals surface area contributed by atoms with E-state index >= 15 is 0 Å². The fraction of sp³-hybridized carbons (Fsp3) is 0.500. The lowest BCUT2D eigenvalue weighted by molar-refractivity contribution is 0.122. The predicted octanol–water partition coefficient (Wildman–Crippen LogP) is 1.61. The molecule has 8 nitrogen and oxygen atoms in total. The van der Waals surface area contributed by atoms with Crippen LogP contribution in [0.15, 0.2) is 16.7 Å². The van der Waals surface area contributed by atoms with Gasteiger partial charge in [-0.2, -0.15) is 9.77 Å². The Labute approximate surface area is 142 Å². The number of anilines is 3. The van der Waals surface area contributed by atoms with E-state index in [1.54, 1.807) is 6.20 Å². The summed E-state index contributed by atoms with van der Waals surface area (Å²) in [4.78, 5) is 12.6. The second-order valence-corrected chi connectivity index (χ2v) is 6.62. The molecule has 0 radical (unpaired) electrons. The van der Waals surface area contributed by atoms with Crippen molar-refractivity contribution in [2.45, 2.75) is 18.8 Å². The van der Waals surface area contributed by atoms with Crippen LogP contribution in [0.2, 0.25) is 0 Å². The Morgan fingerprint density at radius 1 is 1.30 bits per heavy atom. The van der Waals surface area contributed by atoms with E-state index in [-0.39, 0.29) is 0 Å². The van der Waals surface area contributed by atoms with Gasteiger partial charge in [-0.3, -0.25) is 0 Å². The number of hydrogen-bond donors (Lipinski definition) is 2. The average Bonchev–Trinajstić information content (AvgIpc) is 3.34. The van der Waals surface area contributed by atoms with Crippen molar-refractivity contribution in [3.05, 3.63) is 22.4 Å². The lowest BCUT2D eigenvalue weighted by Gasteiger charge is -2.27. The number of nitrogens with two attached hydrogens (primary N) is 1. The van der Waals surface area contributed by atoms with Crippen molar-refractivity contribution in [1.29, 1.82) is 0 Å². The van der Waals surface area contributed by atoms with Gasteiger partial charge in [0.25, 0.3) is 0 Å². The summed E-state index contributed by atoms with van der Waals surface area (Å²) in [6.07, 6.45) is 4.11. The molecule has 9 heteroatoms. The fourth-order valence-electron chi connectivity index (χ4n) is 2.64. The highest BCUT2D eigenvalue weighted by Crippen LogP contribution is 2.40. The highest BCUT2D eigenvalue weighted by Gasteiger charge is 2.28. The van der Waals surface area contributed by atoms with Gasteiger partial charge >= 0.3 is 0 Å². The molecule has 3 heterocycles. The number of halogens is 1. The van der Waals surface area contributed by atoms with Crippen LogP contribution in [-0.4, -0.2) is 46.2 Å². The van der Waals surface area contributed by atoms with E-state index in [1.807, 2.05) is 6.07 Å². The molecule has 1 saturated carbocycles. The summed E-state index contributed by atoms with van der Waals surface area (Å²) in [5.74, 6) is 8.53. The van der Waals surface area contributed by atoms with E-state index in [9.17, 15) is 0 Å². The Bertz CT molecular complexity index is 709. The third-order valence-corrected chi connectivity index (χ3v) is 4.61. The minimum absolute atomic E-state index is 0.542. The van der Waals surface area contributed by atoms with Crippen molar-refractivity contribution in [2.75, 3.05) is 42.4 Å². The summed E-state index contributed by atoms with van der Waals surface area (Å²) in [7, 11) is 0. The Kier molecular flexibility index (Phi) is 3.82. The SMILES string of the molecule is Nn1nc(Nc2nc(N3CCOCC3)ncc2Br)cc1C1CC1. The second-order valence-electron chi connectivity index (χ2n) is 5.76. The predicted molar refractivity (Wildman–Crippen MR) is 90.4 cm³/mol. The first kappa shape index (κ1) is 14.7. The summed E-state index contributed by atoms with van der Waals surface area (Å²) >= 11 is 3.48. The number of morpholine rings is 1. The van der Waals surface area contributed by atoms with Crippen LogP contribution in [0.5, 0.6) is 0 Å². The molecule has 1 aliphatic carbocycles. The topological polar surface area (TPSA) is 94.1 Å². The van der Waals surface area contributed by atoms with Gasteiger partial charge in [-0.1, -0.05) is 0 Å². The van der Waals surface area contributed by atoms with Crippen molar-refractivity contribution in [1.82, 2.24) is 19.9 Å². The van der Waals surface area contributed by atoms with E-state index in [2.05, 4.69) is 41.2 Å². The molecule has 23 heavy (non-hydrogen) atoms. The van der Waals surface area contributed by atoms with Gasteiger partial charge in [0.1, 0.15) is 0 Å². The Morgan fingerprint density at radius 2 is 2.09 bits per heavy atom. The van der Waals surface area contributed by atoms with Crippen molar-refractivity contribution in [3.8, 4) is 0 Å². The molecule has 2 aliphatic rings. The van der Waals surface area contributed by atoms with Gasteiger partial charge in [0.15, 0.2) is 11.6 Å². The third-order valence-electron chi connectivity index (χ3n) is 4.03. The van der Waals surface area contributed by atoms with Gasteiger partial charge in [-0.15, -0.1) is 5.10 Å². The summed E-state index contributed by atoms with van der Waals surface area (Å²) in [6.45, 7) is 2.99. The second kappa shape index (κ2) is 5.97. The molecule has 0 spiro atoms. The Hall–Kier alpha value is -1.87. The molecule has 0 atom stereocenters. The minimum atomic E-state index is 0.542. The average molecular weight is 380 g/mol. The Balaban J connectivity index is 1.56. The highest BCUT2D eigenvalue weighted by molar-refractivity contribution is 9.10. The first-order chi connectivity index (χ1) is 11.2. The number of nitrogens with one attached hydrogen (secondary N) is 1. The van der Waals surface area contributed by atoms with Crippen LogP contribution in [0.3, 0.4) is 0 Å². The van der Waals surface area contributed by atoms with E-state index in [1.165, 1.54) is 17.6 Å². The first-order valence-corrected chi connectivity index (χ1v) is 8.47. The summed E-state index contributed by atoms with van der Waals surface area (Å²) in [5, 5.41) is 7.55. The van der Waals surface area contributed by atoms with Crippen LogP contribution < -0.4 is 16.1 Å². The molecule has 2 aromatic rings. The summed E-state index contributed by atoms with van der Waals surface area (Å²) < 4.78 is 6.15. The van der Waals surface area contributed by atoms with Gasteiger partial charge < -0.3 is 20.8 Å². The number of ether oxygens (including phenoxy) is 1. The fourth-order valence-corrected chi connectivity index (χ4v) is 2.93. The molecular formula is C14H18BrN7O. The van der Waals surface area contributed by atoms with E-state index < -0.39 is 0 Å². The molecule has 0 unspecified atom stereocenters. The number of rotatable bonds is 4. The van der Waals surface area contributed by atoms with Gasteiger partial charge in [0, 0.05) is 31.3 Å². The number of nitrogen functional groups attached to an aromatic ring is 1. The number of nitrogens with zero attached hydrogens (tertiary/aromatic N) is 5. The largest absolute Gasteiger partial charge is 0.378 e. The number of hydrogen-bond acceptors (Lipinski definition) is 7. The van der Waals surface area contributed by atoms with Gasteiger partial charge in [-0.05, 0) is 28.8 Å². The molecule has 0 amide bonds. The smallest absolute Gasteiger partial charge is 0.227 e. The van der Waals surface area contributed by atoms with Crippen molar-refractivity contribution in [3.63, 3.8) is 0 Å². The van der Waals surface area contributed by atoms with Crippen LogP contribution >= 0.6 is 15.9 Å². The molecule has 1 aliphatic heterocycles. The molecule has 1 saturated heterocycles. The van der Waals surface area contributed by atoms with E-state index in [4.69, 9.17) is 10.6 Å². The number of aromatic nitrogens is 4. The van der Waals surface area contributed by atoms with Crippen LogP contribution in [-0.2, 0) is 4.74 Å². The molecule has 0 bridgehead atoms. The zero-order chi connectivity index (χ0) is 15.8. The molecule has 0 aromatic carbocycles. The molecule has 4 rings (SSSR count). The van der Waals surface area contributed by atoms with Crippen LogP contribution in [0.4, 0.5) is 17.6 Å². The molecule has 3 N–H and O–H groups in total. The molecular weight excluding hydrogens is 362 g/mol. The third kappa shape index (κ3) is 3.11.